The summed E-state index contributed by atoms with van der Waals surface area (Å²) in [6.07, 6.45) is 2.10. The summed E-state index contributed by atoms with van der Waals surface area (Å²) < 4.78 is 20.2. The van der Waals surface area contributed by atoms with E-state index in [1.807, 2.05) is 0 Å². The van der Waals surface area contributed by atoms with Gasteiger partial charge >= 0.3 is 0 Å². The third-order valence-corrected chi connectivity index (χ3v) is 5.81. The highest BCUT2D eigenvalue weighted by atomic mass is 32.1. The SMILES string of the molecule is CNc1nc(F)c(CN2CCCC3(C2)OCc2ccccc23)s1. The van der Waals surface area contributed by atoms with Gasteiger partial charge in [-0.2, -0.15) is 9.37 Å². The van der Waals surface area contributed by atoms with Crippen molar-refractivity contribution in [3.63, 3.8) is 0 Å². The lowest BCUT2D eigenvalue weighted by Crippen LogP contribution is -2.45. The molecule has 1 aromatic carbocycles. The highest BCUT2D eigenvalue weighted by molar-refractivity contribution is 7.15. The Bertz CT molecular complexity index is 716. The Hall–Kier alpha value is -1.50. The minimum Gasteiger partial charge on any atom is -0.365 e. The van der Waals surface area contributed by atoms with Crippen molar-refractivity contribution in [2.24, 2.45) is 0 Å². The molecule has 3 heterocycles. The zero-order valence-corrected chi connectivity index (χ0v) is 14.0. The second kappa shape index (κ2) is 5.85. The number of likely N-dealkylation sites (tertiary alicyclic amines) is 1. The van der Waals surface area contributed by atoms with Crippen LogP contribution in [0.1, 0.15) is 28.8 Å². The fourth-order valence-electron chi connectivity index (χ4n) is 3.71. The largest absolute Gasteiger partial charge is 0.365 e. The molecule has 0 amide bonds. The highest BCUT2D eigenvalue weighted by Crippen LogP contribution is 2.43. The summed E-state index contributed by atoms with van der Waals surface area (Å²) in [7, 11) is 1.77. The van der Waals surface area contributed by atoms with Crippen molar-refractivity contribution in [1.82, 2.24) is 9.88 Å². The Labute approximate surface area is 139 Å². The minimum atomic E-state index is -0.355. The first-order valence-electron chi connectivity index (χ1n) is 7.98. The van der Waals surface area contributed by atoms with Crippen LogP contribution in [0.3, 0.4) is 0 Å². The number of benzene rings is 1. The number of rotatable bonds is 3. The molecular weight excluding hydrogens is 313 g/mol. The maximum absolute atomic E-state index is 14.0. The van der Waals surface area contributed by atoms with Crippen LogP contribution in [0.2, 0.25) is 0 Å². The summed E-state index contributed by atoms with van der Waals surface area (Å²) in [4.78, 5) is 6.89. The zero-order chi connectivity index (χ0) is 15.9. The highest BCUT2D eigenvalue weighted by Gasteiger charge is 2.43. The minimum absolute atomic E-state index is 0.220. The van der Waals surface area contributed by atoms with Gasteiger partial charge in [-0.15, -0.1) is 0 Å². The number of hydrogen-bond acceptors (Lipinski definition) is 5. The van der Waals surface area contributed by atoms with Crippen molar-refractivity contribution in [1.29, 1.82) is 0 Å². The van der Waals surface area contributed by atoms with Crippen LogP contribution < -0.4 is 5.32 Å². The number of ether oxygens (including phenoxy) is 1. The van der Waals surface area contributed by atoms with Crippen LogP contribution in [0.5, 0.6) is 0 Å². The molecule has 0 bridgehead atoms. The van der Waals surface area contributed by atoms with E-state index in [0.717, 1.165) is 25.9 Å². The lowest BCUT2D eigenvalue weighted by Gasteiger charge is -2.40. The Kier molecular flexibility index (Phi) is 3.83. The van der Waals surface area contributed by atoms with Gasteiger partial charge in [-0.3, -0.25) is 4.90 Å². The molecule has 23 heavy (non-hydrogen) atoms. The van der Waals surface area contributed by atoms with E-state index >= 15 is 0 Å². The molecule has 1 atom stereocenters. The number of nitrogens with zero attached hydrogens (tertiary/aromatic N) is 2. The molecule has 1 N–H and O–H groups in total. The van der Waals surface area contributed by atoms with Gasteiger partial charge in [-0.05, 0) is 30.5 Å². The standard InChI is InChI=1S/C17H20FN3OS/c1-19-16-20-15(18)14(23-16)9-21-8-4-7-17(11-21)13-6-3-2-5-12(13)10-22-17/h2-3,5-6H,4,7-11H2,1H3,(H,19,20). The van der Waals surface area contributed by atoms with Gasteiger partial charge in [0.1, 0.15) is 5.60 Å². The van der Waals surface area contributed by atoms with E-state index in [9.17, 15) is 4.39 Å². The summed E-state index contributed by atoms with van der Waals surface area (Å²) >= 11 is 1.39. The van der Waals surface area contributed by atoms with Crippen molar-refractivity contribution in [3.8, 4) is 0 Å². The van der Waals surface area contributed by atoms with Gasteiger partial charge in [0.25, 0.3) is 0 Å². The molecule has 122 valence electrons. The van der Waals surface area contributed by atoms with Crippen LogP contribution in [0.25, 0.3) is 0 Å². The van der Waals surface area contributed by atoms with E-state index in [2.05, 4.69) is 39.5 Å². The molecule has 2 aromatic rings. The molecule has 1 saturated heterocycles. The first-order chi connectivity index (χ1) is 11.2. The molecular formula is C17H20FN3OS. The van der Waals surface area contributed by atoms with Gasteiger partial charge in [0, 0.05) is 20.1 Å². The van der Waals surface area contributed by atoms with Crippen LogP contribution in [-0.2, 0) is 23.5 Å². The molecule has 1 spiro atoms. The lowest BCUT2D eigenvalue weighted by atomic mass is 9.85. The molecule has 0 aliphatic carbocycles. The van der Waals surface area contributed by atoms with Crippen molar-refractivity contribution < 1.29 is 9.13 Å². The first-order valence-corrected chi connectivity index (χ1v) is 8.79. The summed E-state index contributed by atoms with van der Waals surface area (Å²) in [5, 5.41) is 3.54. The Morgan fingerprint density at radius 2 is 2.30 bits per heavy atom. The predicted octanol–water partition coefficient (Wildman–Crippen LogP) is 3.35. The van der Waals surface area contributed by atoms with E-state index in [1.165, 1.54) is 22.5 Å². The van der Waals surface area contributed by atoms with E-state index in [4.69, 9.17) is 4.74 Å². The number of thiazole rings is 1. The summed E-state index contributed by atoms with van der Waals surface area (Å²) in [5.41, 5.74) is 2.38. The quantitative estimate of drug-likeness (QED) is 0.935. The number of anilines is 1. The maximum atomic E-state index is 14.0. The number of aromatic nitrogens is 1. The Balaban J connectivity index is 1.55. The van der Waals surface area contributed by atoms with Gasteiger partial charge in [0.05, 0.1) is 11.5 Å². The fourth-order valence-corrected chi connectivity index (χ4v) is 4.54. The smallest absolute Gasteiger partial charge is 0.230 e. The van der Waals surface area contributed by atoms with E-state index in [1.54, 1.807) is 7.05 Å². The maximum Gasteiger partial charge on any atom is 0.230 e. The Morgan fingerprint density at radius 3 is 3.13 bits per heavy atom. The van der Waals surface area contributed by atoms with Gasteiger partial charge in [0.15, 0.2) is 5.13 Å². The third-order valence-electron chi connectivity index (χ3n) is 4.78. The lowest BCUT2D eigenvalue weighted by molar-refractivity contribution is -0.0871. The molecule has 2 aliphatic heterocycles. The summed E-state index contributed by atoms with van der Waals surface area (Å²) in [6.45, 7) is 3.07. The van der Waals surface area contributed by atoms with Crippen LogP contribution in [0.4, 0.5) is 9.52 Å². The molecule has 1 unspecified atom stereocenters. The molecule has 0 saturated carbocycles. The van der Waals surface area contributed by atoms with Gasteiger partial charge in [-0.1, -0.05) is 35.6 Å². The molecule has 1 aromatic heterocycles. The molecule has 4 nitrogen and oxygen atoms in total. The van der Waals surface area contributed by atoms with Crippen molar-refractivity contribution in [2.45, 2.75) is 31.6 Å². The van der Waals surface area contributed by atoms with Gasteiger partial charge < -0.3 is 10.1 Å². The van der Waals surface area contributed by atoms with Gasteiger partial charge in [0.2, 0.25) is 5.95 Å². The van der Waals surface area contributed by atoms with Crippen molar-refractivity contribution in [3.05, 3.63) is 46.2 Å². The van der Waals surface area contributed by atoms with Crippen LogP contribution in [-0.4, -0.2) is 30.0 Å². The molecule has 0 radical (unpaired) electrons. The average molecular weight is 333 g/mol. The normalized spacial score (nSPS) is 24.1. The number of halogens is 1. The predicted molar refractivity (Wildman–Crippen MR) is 89.0 cm³/mol. The molecule has 6 heteroatoms. The second-order valence-electron chi connectivity index (χ2n) is 6.24. The average Bonchev–Trinajstić information content (AvgIpc) is 3.10. The van der Waals surface area contributed by atoms with Crippen molar-refractivity contribution in [2.75, 3.05) is 25.5 Å². The molecule has 1 fully saturated rings. The first kappa shape index (κ1) is 15.1. The van der Waals surface area contributed by atoms with Crippen LogP contribution in [0, 0.1) is 5.95 Å². The fraction of sp³-hybridized carbons (Fsp3) is 0.471. The topological polar surface area (TPSA) is 37.4 Å². The second-order valence-corrected chi connectivity index (χ2v) is 7.32. The summed E-state index contributed by atoms with van der Waals surface area (Å²) in [5.74, 6) is -0.355. The zero-order valence-electron chi connectivity index (χ0n) is 13.1. The molecule has 4 rings (SSSR count). The van der Waals surface area contributed by atoms with E-state index in [0.29, 0.717) is 23.2 Å². The number of fused-ring (bicyclic) bond motifs is 2. The number of nitrogens with one attached hydrogen (secondary N) is 1. The Morgan fingerprint density at radius 1 is 1.43 bits per heavy atom. The van der Waals surface area contributed by atoms with Crippen LogP contribution in [0.15, 0.2) is 24.3 Å². The number of hydrogen-bond donors (Lipinski definition) is 1. The molecule has 2 aliphatic rings. The van der Waals surface area contributed by atoms with E-state index in [-0.39, 0.29) is 11.5 Å². The number of piperidine rings is 1. The van der Waals surface area contributed by atoms with Gasteiger partial charge in [-0.25, -0.2) is 0 Å². The third kappa shape index (κ3) is 2.65. The monoisotopic (exact) mass is 333 g/mol. The van der Waals surface area contributed by atoms with Crippen LogP contribution >= 0.6 is 11.3 Å². The van der Waals surface area contributed by atoms with E-state index < -0.39 is 0 Å². The van der Waals surface area contributed by atoms with Crippen molar-refractivity contribution >= 4 is 16.5 Å². The summed E-state index contributed by atoms with van der Waals surface area (Å²) in [6, 6.07) is 8.47.